The topological polar surface area (TPSA) is 63.3 Å². The van der Waals surface area contributed by atoms with Crippen molar-refractivity contribution in [2.75, 3.05) is 0 Å². The fourth-order valence-electron chi connectivity index (χ4n) is 0.999. The van der Waals surface area contributed by atoms with Gasteiger partial charge < -0.3 is 10.8 Å². The molecule has 0 aromatic rings. The first-order chi connectivity index (χ1) is 5.57. The summed E-state index contributed by atoms with van der Waals surface area (Å²) >= 11 is 0. The summed E-state index contributed by atoms with van der Waals surface area (Å²) in [4.78, 5) is 10.4. The molecule has 3 N–H and O–H groups in total. The quantitative estimate of drug-likeness (QED) is 0.614. The fourth-order valence-corrected chi connectivity index (χ4v) is 0.999. The number of carboxylic acids is 1. The second kappa shape index (κ2) is 5.77. The van der Waals surface area contributed by atoms with Crippen LogP contribution in [0, 0.1) is 5.92 Å². The molecule has 3 nitrogen and oxygen atoms in total. The summed E-state index contributed by atoms with van der Waals surface area (Å²) in [5.41, 5.74) is 5.37. The van der Waals surface area contributed by atoms with Crippen LogP contribution in [0.15, 0.2) is 12.2 Å². The number of rotatable bonds is 5. The molecule has 0 spiro atoms. The van der Waals surface area contributed by atoms with E-state index in [0.717, 1.165) is 6.42 Å². The van der Waals surface area contributed by atoms with Gasteiger partial charge in [-0.2, -0.15) is 0 Å². The van der Waals surface area contributed by atoms with Gasteiger partial charge >= 0.3 is 5.97 Å². The Morgan fingerprint density at radius 3 is 2.67 bits per heavy atom. The van der Waals surface area contributed by atoms with Crippen molar-refractivity contribution < 1.29 is 9.90 Å². The molecule has 0 rings (SSSR count). The molecule has 0 radical (unpaired) electrons. The zero-order valence-corrected chi connectivity index (χ0v) is 7.66. The van der Waals surface area contributed by atoms with Crippen LogP contribution in [0.2, 0.25) is 0 Å². The number of hydrogen-bond acceptors (Lipinski definition) is 2. The Kier molecular flexibility index (Phi) is 5.37. The van der Waals surface area contributed by atoms with Gasteiger partial charge in [-0.3, -0.25) is 4.79 Å². The lowest BCUT2D eigenvalue weighted by Crippen LogP contribution is -2.31. The van der Waals surface area contributed by atoms with Crippen LogP contribution in [0.1, 0.15) is 26.7 Å². The van der Waals surface area contributed by atoms with Gasteiger partial charge in [0.2, 0.25) is 0 Å². The fraction of sp³-hybridized carbons (Fsp3) is 0.667. The van der Waals surface area contributed by atoms with Gasteiger partial charge in [0.1, 0.15) is 6.04 Å². The number of hydrogen-bond donors (Lipinski definition) is 2. The van der Waals surface area contributed by atoms with Gasteiger partial charge in [0.25, 0.3) is 0 Å². The second-order valence-electron chi connectivity index (χ2n) is 3.09. The Morgan fingerprint density at radius 2 is 2.25 bits per heavy atom. The third-order valence-corrected chi connectivity index (χ3v) is 1.75. The van der Waals surface area contributed by atoms with Gasteiger partial charge in [0.05, 0.1) is 0 Å². The molecule has 0 saturated carbocycles. The van der Waals surface area contributed by atoms with Gasteiger partial charge in [0.15, 0.2) is 0 Å². The Bertz CT molecular complexity index is 166. The first kappa shape index (κ1) is 11.2. The zero-order valence-electron chi connectivity index (χ0n) is 7.66. The Balaban J connectivity index is 3.68. The molecule has 0 aliphatic carbocycles. The highest BCUT2D eigenvalue weighted by Gasteiger charge is 2.14. The smallest absolute Gasteiger partial charge is 0.320 e. The van der Waals surface area contributed by atoms with E-state index in [2.05, 4.69) is 0 Å². The van der Waals surface area contributed by atoms with Crippen LogP contribution >= 0.6 is 0 Å². The van der Waals surface area contributed by atoms with Crippen molar-refractivity contribution in [2.45, 2.75) is 32.7 Å². The lowest BCUT2D eigenvalue weighted by molar-refractivity contribution is -0.138. The highest BCUT2D eigenvalue weighted by molar-refractivity contribution is 5.72. The third kappa shape index (κ3) is 4.91. The Morgan fingerprint density at radius 1 is 1.67 bits per heavy atom. The van der Waals surface area contributed by atoms with Crippen LogP contribution in [0.3, 0.4) is 0 Å². The minimum atomic E-state index is -0.915. The standard InChI is InChI=1S/C9H17NO2/c1-3-4-5-7(2)6-8(10)9(11)12/h3-4,7-8H,5-6,10H2,1-2H3,(H,11,12)/b4-3+/t7-,8+/m1/s1. The highest BCUT2D eigenvalue weighted by Crippen LogP contribution is 2.10. The molecule has 0 unspecified atom stereocenters. The summed E-state index contributed by atoms with van der Waals surface area (Å²) in [6, 6.07) is -0.717. The van der Waals surface area contributed by atoms with Crippen LogP contribution in [0.25, 0.3) is 0 Å². The number of carbonyl (C=O) groups is 1. The van der Waals surface area contributed by atoms with Crippen LogP contribution in [-0.4, -0.2) is 17.1 Å². The predicted molar refractivity (Wildman–Crippen MR) is 48.8 cm³/mol. The van der Waals surface area contributed by atoms with E-state index >= 15 is 0 Å². The largest absolute Gasteiger partial charge is 0.480 e. The van der Waals surface area contributed by atoms with E-state index in [9.17, 15) is 4.79 Å². The van der Waals surface area contributed by atoms with Gasteiger partial charge in [-0.1, -0.05) is 19.1 Å². The molecule has 2 atom stereocenters. The van der Waals surface area contributed by atoms with Gasteiger partial charge in [-0.05, 0) is 25.7 Å². The van der Waals surface area contributed by atoms with Gasteiger partial charge in [0, 0.05) is 0 Å². The Labute approximate surface area is 73.3 Å². The molecule has 0 aromatic carbocycles. The van der Waals surface area contributed by atoms with E-state index in [-0.39, 0.29) is 0 Å². The van der Waals surface area contributed by atoms with Crippen LogP contribution < -0.4 is 5.73 Å². The van der Waals surface area contributed by atoms with Gasteiger partial charge in [-0.15, -0.1) is 0 Å². The molecule has 0 saturated heterocycles. The molecule has 3 heteroatoms. The first-order valence-electron chi connectivity index (χ1n) is 4.17. The molecule has 0 aromatic heterocycles. The maximum Gasteiger partial charge on any atom is 0.320 e. The maximum absolute atomic E-state index is 10.4. The zero-order chi connectivity index (χ0) is 9.56. The third-order valence-electron chi connectivity index (χ3n) is 1.75. The van der Waals surface area contributed by atoms with Crippen molar-refractivity contribution in [3.8, 4) is 0 Å². The van der Waals surface area contributed by atoms with Crippen molar-refractivity contribution in [2.24, 2.45) is 11.7 Å². The minimum Gasteiger partial charge on any atom is -0.480 e. The lowest BCUT2D eigenvalue weighted by atomic mass is 9.99. The molecule has 0 heterocycles. The summed E-state index contributed by atoms with van der Waals surface area (Å²) in [5, 5.41) is 8.51. The molecular weight excluding hydrogens is 154 g/mol. The summed E-state index contributed by atoms with van der Waals surface area (Å²) in [5.74, 6) is -0.574. The van der Waals surface area contributed by atoms with E-state index in [1.165, 1.54) is 0 Å². The monoisotopic (exact) mass is 171 g/mol. The van der Waals surface area contributed by atoms with E-state index in [1.54, 1.807) is 0 Å². The molecule has 0 aliphatic heterocycles. The number of allylic oxidation sites excluding steroid dienone is 2. The molecule has 0 amide bonds. The number of aliphatic carboxylic acids is 1. The van der Waals surface area contributed by atoms with Gasteiger partial charge in [-0.25, -0.2) is 0 Å². The van der Waals surface area contributed by atoms with Crippen molar-refractivity contribution >= 4 is 5.97 Å². The average Bonchev–Trinajstić information content (AvgIpc) is 2.00. The summed E-state index contributed by atoms with van der Waals surface area (Å²) in [6.45, 7) is 3.95. The molecule has 12 heavy (non-hydrogen) atoms. The summed E-state index contributed by atoms with van der Waals surface area (Å²) in [6.07, 6.45) is 5.43. The first-order valence-corrected chi connectivity index (χ1v) is 4.17. The van der Waals surface area contributed by atoms with Crippen molar-refractivity contribution in [1.82, 2.24) is 0 Å². The van der Waals surface area contributed by atoms with E-state index in [4.69, 9.17) is 10.8 Å². The molecule has 0 aliphatic rings. The average molecular weight is 171 g/mol. The van der Waals surface area contributed by atoms with E-state index in [0.29, 0.717) is 12.3 Å². The molecule has 0 bridgehead atoms. The maximum atomic E-state index is 10.4. The molecular formula is C9H17NO2. The Hall–Kier alpha value is -0.830. The summed E-state index contributed by atoms with van der Waals surface area (Å²) < 4.78 is 0. The SMILES string of the molecule is C/C=C/C[C@@H](C)C[C@H](N)C(=O)O. The van der Waals surface area contributed by atoms with Crippen molar-refractivity contribution in [1.29, 1.82) is 0 Å². The van der Waals surface area contributed by atoms with Crippen LogP contribution in [0.4, 0.5) is 0 Å². The minimum absolute atomic E-state index is 0.340. The normalized spacial score (nSPS) is 16.2. The van der Waals surface area contributed by atoms with E-state index < -0.39 is 12.0 Å². The number of carboxylic acid groups (broad SMARTS) is 1. The molecule has 70 valence electrons. The predicted octanol–water partition coefficient (Wildman–Crippen LogP) is 1.39. The van der Waals surface area contributed by atoms with Crippen molar-refractivity contribution in [3.63, 3.8) is 0 Å². The van der Waals surface area contributed by atoms with Crippen LogP contribution in [-0.2, 0) is 4.79 Å². The van der Waals surface area contributed by atoms with Crippen LogP contribution in [0.5, 0.6) is 0 Å². The lowest BCUT2D eigenvalue weighted by Gasteiger charge is -2.11. The highest BCUT2D eigenvalue weighted by atomic mass is 16.4. The summed E-state index contributed by atoms with van der Waals surface area (Å²) in [7, 11) is 0. The second-order valence-corrected chi connectivity index (χ2v) is 3.09. The molecule has 0 fully saturated rings. The van der Waals surface area contributed by atoms with E-state index in [1.807, 2.05) is 26.0 Å². The van der Waals surface area contributed by atoms with Crippen molar-refractivity contribution in [3.05, 3.63) is 12.2 Å². The number of nitrogens with two attached hydrogens (primary N) is 1.